The second kappa shape index (κ2) is 13.2. The molecule has 0 aliphatic heterocycles. The summed E-state index contributed by atoms with van der Waals surface area (Å²) in [6.07, 6.45) is 1.73. The highest BCUT2D eigenvalue weighted by Gasteiger charge is 2.31. The van der Waals surface area contributed by atoms with E-state index in [0.29, 0.717) is 34.4 Å². The summed E-state index contributed by atoms with van der Waals surface area (Å²) < 4.78 is 32.1. The molecule has 0 heterocycles. The highest BCUT2D eigenvalue weighted by molar-refractivity contribution is 7.92. The minimum atomic E-state index is -3.88. The molecule has 0 radical (unpaired) electrons. The first-order chi connectivity index (χ1) is 16.9. The van der Waals surface area contributed by atoms with Crippen LogP contribution in [0.2, 0.25) is 10.0 Å². The van der Waals surface area contributed by atoms with Gasteiger partial charge in [-0.25, -0.2) is 8.42 Å². The summed E-state index contributed by atoms with van der Waals surface area (Å²) in [6.45, 7) is 6.94. The van der Waals surface area contributed by atoms with E-state index in [0.717, 1.165) is 10.6 Å². The molecule has 0 saturated carbocycles. The molecule has 2 aromatic carbocycles. The topological polar surface area (TPSA) is 96.0 Å². The Morgan fingerprint density at radius 2 is 1.75 bits per heavy atom. The van der Waals surface area contributed by atoms with Gasteiger partial charge < -0.3 is 15.0 Å². The van der Waals surface area contributed by atoms with Crippen molar-refractivity contribution in [3.8, 4) is 5.75 Å². The van der Waals surface area contributed by atoms with Crippen molar-refractivity contribution >= 4 is 50.7 Å². The van der Waals surface area contributed by atoms with E-state index in [1.54, 1.807) is 56.3 Å². The van der Waals surface area contributed by atoms with Gasteiger partial charge in [0.05, 0.1) is 18.6 Å². The van der Waals surface area contributed by atoms with Gasteiger partial charge in [0.1, 0.15) is 18.3 Å². The van der Waals surface area contributed by atoms with Crippen molar-refractivity contribution in [1.29, 1.82) is 0 Å². The van der Waals surface area contributed by atoms with E-state index >= 15 is 0 Å². The largest absolute Gasteiger partial charge is 0.492 e. The number of amides is 2. The van der Waals surface area contributed by atoms with Crippen LogP contribution >= 0.6 is 23.2 Å². The van der Waals surface area contributed by atoms with Gasteiger partial charge in [-0.2, -0.15) is 0 Å². The standard InChI is InChI=1S/C25H33Cl2N3O5S/c1-6-17(3)28-25(32)18(4)29(15-19-12-13-20(26)14-21(19)27)24(31)16-30(36(5,33)34)22-10-8-9-11-23(22)35-7-2/h8-14,17-18H,6-7,15-16H2,1-5H3,(H,28,32)/t17-,18-/m1/s1. The molecule has 0 spiro atoms. The molecule has 8 nitrogen and oxygen atoms in total. The molecular formula is C25H33Cl2N3O5S. The fourth-order valence-electron chi connectivity index (χ4n) is 3.42. The fourth-order valence-corrected chi connectivity index (χ4v) is 4.74. The van der Waals surface area contributed by atoms with Gasteiger partial charge in [-0.15, -0.1) is 0 Å². The number of carbonyl (C=O) groups excluding carboxylic acids is 2. The number of halogens is 2. The Kier molecular flexibility index (Phi) is 10.9. The van der Waals surface area contributed by atoms with E-state index in [9.17, 15) is 18.0 Å². The van der Waals surface area contributed by atoms with Crippen molar-refractivity contribution in [1.82, 2.24) is 10.2 Å². The molecule has 11 heteroatoms. The Morgan fingerprint density at radius 3 is 2.33 bits per heavy atom. The predicted molar refractivity (Wildman–Crippen MR) is 144 cm³/mol. The molecule has 0 aliphatic rings. The first-order valence-electron chi connectivity index (χ1n) is 11.6. The van der Waals surface area contributed by atoms with Crippen LogP contribution in [0.3, 0.4) is 0 Å². The Balaban J connectivity index is 2.47. The van der Waals surface area contributed by atoms with E-state index in [2.05, 4.69) is 5.32 Å². The average Bonchev–Trinajstić information content (AvgIpc) is 2.81. The van der Waals surface area contributed by atoms with Crippen molar-refractivity contribution in [2.45, 2.75) is 52.7 Å². The summed E-state index contributed by atoms with van der Waals surface area (Å²) in [5.41, 5.74) is 0.801. The molecule has 36 heavy (non-hydrogen) atoms. The molecule has 2 rings (SSSR count). The fraction of sp³-hybridized carbons (Fsp3) is 0.440. The monoisotopic (exact) mass is 557 g/mol. The molecule has 0 saturated heterocycles. The number of rotatable bonds is 12. The molecule has 198 valence electrons. The highest BCUT2D eigenvalue weighted by atomic mass is 35.5. The van der Waals surface area contributed by atoms with Crippen LogP contribution in [0.25, 0.3) is 0 Å². The molecular weight excluding hydrogens is 525 g/mol. The lowest BCUT2D eigenvalue weighted by Crippen LogP contribution is -2.52. The normalized spacial score (nSPS) is 13.0. The minimum absolute atomic E-state index is 0.0192. The van der Waals surface area contributed by atoms with E-state index in [1.165, 1.54) is 4.90 Å². The minimum Gasteiger partial charge on any atom is -0.492 e. The first-order valence-corrected chi connectivity index (χ1v) is 14.2. The van der Waals surface area contributed by atoms with Crippen LogP contribution in [0.5, 0.6) is 5.75 Å². The van der Waals surface area contributed by atoms with Gasteiger partial charge in [-0.1, -0.05) is 48.3 Å². The lowest BCUT2D eigenvalue weighted by molar-refractivity contribution is -0.139. The Bertz CT molecular complexity index is 1180. The third kappa shape index (κ3) is 8.01. The van der Waals surface area contributed by atoms with Crippen molar-refractivity contribution in [2.24, 2.45) is 0 Å². The summed E-state index contributed by atoms with van der Waals surface area (Å²) in [6, 6.07) is 10.4. The van der Waals surface area contributed by atoms with Crippen LogP contribution in [-0.2, 0) is 26.2 Å². The van der Waals surface area contributed by atoms with Crippen molar-refractivity contribution in [3.05, 3.63) is 58.1 Å². The number of sulfonamides is 1. The number of para-hydroxylation sites is 2. The van der Waals surface area contributed by atoms with Gasteiger partial charge in [0.15, 0.2) is 0 Å². The third-order valence-corrected chi connectivity index (χ3v) is 7.35. The zero-order valence-corrected chi connectivity index (χ0v) is 23.5. The highest BCUT2D eigenvalue weighted by Crippen LogP contribution is 2.30. The quantitative estimate of drug-likeness (QED) is 0.414. The van der Waals surface area contributed by atoms with Crippen LogP contribution in [0.4, 0.5) is 5.69 Å². The smallest absolute Gasteiger partial charge is 0.244 e. The molecule has 0 aliphatic carbocycles. The van der Waals surface area contributed by atoms with E-state index < -0.39 is 28.5 Å². The van der Waals surface area contributed by atoms with Crippen molar-refractivity contribution < 1.29 is 22.7 Å². The van der Waals surface area contributed by atoms with Gasteiger partial charge in [0.2, 0.25) is 21.8 Å². The van der Waals surface area contributed by atoms with Gasteiger partial charge in [0, 0.05) is 22.6 Å². The molecule has 2 amide bonds. The summed E-state index contributed by atoms with van der Waals surface area (Å²) in [5.74, 6) is -0.610. The SMILES string of the molecule is CCOc1ccccc1N(CC(=O)N(Cc1ccc(Cl)cc1Cl)[C@H](C)C(=O)N[C@H](C)CC)S(C)(=O)=O. The predicted octanol–water partition coefficient (Wildman–Crippen LogP) is 4.49. The lowest BCUT2D eigenvalue weighted by Gasteiger charge is -2.32. The van der Waals surface area contributed by atoms with E-state index in [1.807, 2.05) is 13.8 Å². The number of carbonyl (C=O) groups is 2. The zero-order chi connectivity index (χ0) is 27.0. The number of nitrogens with one attached hydrogen (secondary N) is 1. The average molecular weight is 559 g/mol. The Morgan fingerprint density at radius 1 is 1.08 bits per heavy atom. The van der Waals surface area contributed by atoms with Gasteiger partial charge in [0.25, 0.3) is 0 Å². The molecule has 2 atom stereocenters. The second-order valence-corrected chi connectivity index (χ2v) is 11.2. The van der Waals surface area contributed by atoms with E-state index in [4.69, 9.17) is 27.9 Å². The van der Waals surface area contributed by atoms with Crippen molar-refractivity contribution in [3.63, 3.8) is 0 Å². The van der Waals surface area contributed by atoms with Crippen LogP contribution in [-0.4, -0.2) is 56.6 Å². The van der Waals surface area contributed by atoms with Crippen LogP contribution in [0.15, 0.2) is 42.5 Å². The number of anilines is 1. The third-order valence-electron chi connectivity index (χ3n) is 5.64. The van der Waals surface area contributed by atoms with Gasteiger partial charge >= 0.3 is 0 Å². The molecule has 2 aromatic rings. The number of nitrogens with zero attached hydrogens (tertiary/aromatic N) is 2. The van der Waals surface area contributed by atoms with Gasteiger partial charge in [-0.3, -0.25) is 13.9 Å². The number of ether oxygens (including phenoxy) is 1. The van der Waals surface area contributed by atoms with Crippen LogP contribution < -0.4 is 14.4 Å². The summed E-state index contributed by atoms with van der Waals surface area (Å²) >= 11 is 12.4. The summed E-state index contributed by atoms with van der Waals surface area (Å²) in [4.78, 5) is 27.9. The number of benzene rings is 2. The van der Waals surface area contributed by atoms with Gasteiger partial charge in [-0.05, 0) is 57.0 Å². The zero-order valence-electron chi connectivity index (χ0n) is 21.1. The van der Waals surface area contributed by atoms with Crippen LogP contribution in [0.1, 0.15) is 39.7 Å². The Hall–Kier alpha value is -2.49. The number of hydrogen-bond donors (Lipinski definition) is 1. The van der Waals surface area contributed by atoms with Crippen LogP contribution in [0, 0.1) is 0 Å². The molecule has 0 aromatic heterocycles. The maximum absolute atomic E-state index is 13.7. The molecule has 0 fully saturated rings. The summed E-state index contributed by atoms with van der Waals surface area (Å²) in [7, 11) is -3.88. The lowest BCUT2D eigenvalue weighted by atomic mass is 10.1. The maximum Gasteiger partial charge on any atom is 0.244 e. The molecule has 0 unspecified atom stereocenters. The number of hydrogen-bond acceptors (Lipinski definition) is 5. The van der Waals surface area contributed by atoms with E-state index in [-0.39, 0.29) is 24.2 Å². The Labute approximate surface area is 223 Å². The second-order valence-electron chi connectivity index (χ2n) is 8.42. The molecule has 1 N–H and O–H groups in total. The molecule has 0 bridgehead atoms. The summed E-state index contributed by atoms with van der Waals surface area (Å²) in [5, 5.41) is 3.64. The van der Waals surface area contributed by atoms with Crippen molar-refractivity contribution in [2.75, 3.05) is 23.7 Å². The first kappa shape index (κ1) is 29.7. The maximum atomic E-state index is 13.7.